The zero-order valence-electron chi connectivity index (χ0n) is 11.0. The Labute approximate surface area is 109 Å². The molecule has 1 saturated carbocycles. The number of nitrogens with zero attached hydrogens (tertiary/aromatic N) is 2. The van der Waals surface area contributed by atoms with E-state index in [0.717, 1.165) is 25.4 Å². The van der Waals surface area contributed by atoms with Gasteiger partial charge < -0.3 is 10.0 Å². The average molecular weight is 246 g/mol. The molecule has 1 N–H and O–H groups in total. The lowest BCUT2D eigenvalue weighted by atomic mass is 9.93. The molecule has 1 aromatic rings. The van der Waals surface area contributed by atoms with Crippen LogP contribution in [0.25, 0.3) is 0 Å². The SMILES string of the molecule is C[C@H](O)[C@@H]1CCCN(c2ccc(C3CC3)nc2)C1. The van der Waals surface area contributed by atoms with Gasteiger partial charge in [0.05, 0.1) is 18.0 Å². The van der Waals surface area contributed by atoms with Gasteiger partial charge in [-0.3, -0.25) is 4.98 Å². The quantitative estimate of drug-likeness (QED) is 0.890. The number of aliphatic hydroxyl groups is 1. The first-order valence-corrected chi connectivity index (χ1v) is 7.13. The van der Waals surface area contributed by atoms with Crippen LogP contribution >= 0.6 is 0 Å². The zero-order valence-corrected chi connectivity index (χ0v) is 11.0. The van der Waals surface area contributed by atoms with E-state index in [1.165, 1.54) is 30.6 Å². The van der Waals surface area contributed by atoms with Crippen molar-refractivity contribution in [1.29, 1.82) is 0 Å². The first-order valence-electron chi connectivity index (χ1n) is 7.13. The molecule has 0 spiro atoms. The second-order valence-corrected chi connectivity index (χ2v) is 5.80. The van der Waals surface area contributed by atoms with E-state index in [0.29, 0.717) is 5.92 Å². The molecule has 0 radical (unpaired) electrons. The van der Waals surface area contributed by atoms with Crippen molar-refractivity contribution >= 4 is 5.69 Å². The van der Waals surface area contributed by atoms with Gasteiger partial charge in [0, 0.05) is 30.6 Å². The maximum atomic E-state index is 9.72. The van der Waals surface area contributed by atoms with E-state index in [2.05, 4.69) is 22.0 Å². The predicted octanol–water partition coefficient (Wildman–Crippen LogP) is 2.56. The first kappa shape index (κ1) is 12.0. The van der Waals surface area contributed by atoms with Gasteiger partial charge in [0.25, 0.3) is 0 Å². The van der Waals surface area contributed by atoms with Crippen LogP contribution in [0.1, 0.15) is 44.2 Å². The largest absolute Gasteiger partial charge is 0.393 e. The summed E-state index contributed by atoms with van der Waals surface area (Å²) >= 11 is 0. The van der Waals surface area contributed by atoms with Crippen molar-refractivity contribution < 1.29 is 5.11 Å². The molecule has 2 atom stereocenters. The number of pyridine rings is 1. The number of anilines is 1. The molecule has 98 valence electrons. The first-order chi connectivity index (χ1) is 8.74. The fourth-order valence-corrected chi connectivity index (χ4v) is 2.84. The van der Waals surface area contributed by atoms with E-state index in [1.807, 2.05) is 13.1 Å². The van der Waals surface area contributed by atoms with Crippen molar-refractivity contribution in [3.05, 3.63) is 24.0 Å². The van der Waals surface area contributed by atoms with E-state index < -0.39 is 0 Å². The second-order valence-electron chi connectivity index (χ2n) is 5.80. The molecule has 0 bridgehead atoms. The van der Waals surface area contributed by atoms with Crippen LogP contribution in [0.4, 0.5) is 5.69 Å². The summed E-state index contributed by atoms with van der Waals surface area (Å²) in [5.74, 6) is 1.13. The fourth-order valence-electron chi connectivity index (χ4n) is 2.84. The number of aromatic nitrogens is 1. The van der Waals surface area contributed by atoms with Crippen molar-refractivity contribution in [3.8, 4) is 0 Å². The highest BCUT2D eigenvalue weighted by molar-refractivity contribution is 5.45. The van der Waals surface area contributed by atoms with E-state index >= 15 is 0 Å². The van der Waals surface area contributed by atoms with Gasteiger partial charge in [-0.15, -0.1) is 0 Å². The topological polar surface area (TPSA) is 36.4 Å². The van der Waals surface area contributed by atoms with Crippen molar-refractivity contribution in [2.75, 3.05) is 18.0 Å². The van der Waals surface area contributed by atoms with E-state index in [-0.39, 0.29) is 6.10 Å². The molecule has 3 nitrogen and oxygen atoms in total. The third-order valence-corrected chi connectivity index (χ3v) is 4.27. The van der Waals surface area contributed by atoms with Crippen molar-refractivity contribution in [3.63, 3.8) is 0 Å². The van der Waals surface area contributed by atoms with Gasteiger partial charge in [-0.05, 0) is 44.7 Å². The highest BCUT2D eigenvalue weighted by atomic mass is 16.3. The van der Waals surface area contributed by atoms with E-state index in [4.69, 9.17) is 0 Å². The minimum atomic E-state index is -0.202. The minimum absolute atomic E-state index is 0.202. The molecule has 0 unspecified atom stereocenters. The van der Waals surface area contributed by atoms with Crippen LogP contribution in [0.5, 0.6) is 0 Å². The Morgan fingerprint density at radius 2 is 2.17 bits per heavy atom. The summed E-state index contributed by atoms with van der Waals surface area (Å²) < 4.78 is 0. The van der Waals surface area contributed by atoms with Crippen molar-refractivity contribution in [2.24, 2.45) is 5.92 Å². The second kappa shape index (κ2) is 4.88. The lowest BCUT2D eigenvalue weighted by Crippen LogP contribution is -2.39. The highest BCUT2D eigenvalue weighted by Gasteiger charge is 2.26. The number of hydrogen-bond acceptors (Lipinski definition) is 3. The third-order valence-electron chi connectivity index (χ3n) is 4.27. The summed E-state index contributed by atoms with van der Waals surface area (Å²) in [6.45, 7) is 3.96. The van der Waals surface area contributed by atoms with Gasteiger partial charge >= 0.3 is 0 Å². The summed E-state index contributed by atoms with van der Waals surface area (Å²) in [7, 11) is 0. The molecule has 1 aliphatic heterocycles. The molecule has 3 rings (SSSR count). The molecule has 18 heavy (non-hydrogen) atoms. The molecule has 2 heterocycles. The summed E-state index contributed by atoms with van der Waals surface area (Å²) in [6.07, 6.45) is 6.73. The molecule has 0 aromatic carbocycles. The Hall–Kier alpha value is -1.09. The van der Waals surface area contributed by atoms with E-state index in [9.17, 15) is 5.11 Å². The van der Waals surface area contributed by atoms with Crippen LogP contribution in [-0.2, 0) is 0 Å². The monoisotopic (exact) mass is 246 g/mol. The number of hydrogen-bond donors (Lipinski definition) is 1. The van der Waals surface area contributed by atoms with Gasteiger partial charge in [-0.1, -0.05) is 0 Å². The molecular formula is C15H22N2O. The lowest BCUT2D eigenvalue weighted by Gasteiger charge is -2.35. The summed E-state index contributed by atoms with van der Waals surface area (Å²) in [5.41, 5.74) is 2.47. The lowest BCUT2D eigenvalue weighted by molar-refractivity contribution is 0.115. The van der Waals surface area contributed by atoms with E-state index in [1.54, 1.807) is 0 Å². The maximum Gasteiger partial charge on any atom is 0.0557 e. The molecule has 0 amide bonds. The maximum absolute atomic E-state index is 9.72. The Morgan fingerprint density at radius 3 is 2.78 bits per heavy atom. The number of rotatable bonds is 3. The molecular weight excluding hydrogens is 224 g/mol. The molecule has 3 heteroatoms. The highest BCUT2D eigenvalue weighted by Crippen LogP contribution is 2.39. The molecule has 2 fully saturated rings. The predicted molar refractivity (Wildman–Crippen MR) is 72.8 cm³/mol. The standard InChI is InChI=1S/C15H22N2O/c1-11(18)13-3-2-8-17(10-13)14-6-7-15(16-9-14)12-4-5-12/h6-7,9,11-13,18H,2-5,8,10H2,1H3/t11-,13+/m0/s1. The van der Waals surface area contributed by atoms with Crippen LogP contribution < -0.4 is 4.90 Å². The zero-order chi connectivity index (χ0) is 12.5. The Balaban J connectivity index is 1.69. The Bertz CT molecular complexity index is 397. The average Bonchev–Trinajstić information content (AvgIpc) is 3.23. The van der Waals surface area contributed by atoms with Crippen LogP contribution in [0, 0.1) is 5.92 Å². The molecule has 2 aliphatic rings. The van der Waals surface area contributed by atoms with Gasteiger partial charge in [0.2, 0.25) is 0 Å². The minimum Gasteiger partial charge on any atom is -0.393 e. The Kier molecular flexibility index (Phi) is 3.25. The number of aliphatic hydroxyl groups excluding tert-OH is 1. The molecule has 1 saturated heterocycles. The summed E-state index contributed by atoms with van der Waals surface area (Å²) in [6, 6.07) is 4.38. The van der Waals surface area contributed by atoms with Gasteiger partial charge in [0.15, 0.2) is 0 Å². The smallest absolute Gasteiger partial charge is 0.0557 e. The van der Waals surface area contributed by atoms with Crippen LogP contribution in [0.3, 0.4) is 0 Å². The molecule has 1 aromatic heterocycles. The normalized spacial score (nSPS) is 26.1. The summed E-state index contributed by atoms with van der Waals surface area (Å²) in [5, 5.41) is 9.72. The van der Waals surface area contributed by atoms with Gasteiger partial charge in [-0.2, -0.15) is 0 Å². The molecule has 1 aliphatic carbocycles. The summed E-state index contributed by atoms with van der Waals surface area (Å²) in [4.78, 5) is 6.95. The van der Waals surface area contributed by atoms with Crippen molar-refractivity contribution in [1.82, 2.24) is 4.98 Å². The van der Waals surface area contributed by atoms with Gasteiger partial charge in [0.1, 0.15) is 0 Å². The van der Waals surface area contributed by atoms with Gasteiger partial charge in [-0.25, -0.2) is 0 Å². The fraction of sp³-hybridized carbons (Fsp3) is 0.667. The van der Waals surface area contributed by atoms with Crippen LogP contribution in [0.2, 0.25) is 0 Å². The van der Waals surface area contributed by atoms with Crippen LogP contribution in [-0.4, -0.2) is 29.3 Å². The van der Waals surface area contributed by atoms with Crippen molar-refractivity contribution in [2.45, 2.75) is 44.6 Å². The van der Waals surface area contributed by atoms with Crippen LogP contribution in [0.15, 0.2) is 18.3 Å². The Morgan fingerprint density at radius 1 is 1.33 bits per heavy atom. The third kappa shape index (κ3) is 2.51. The number of piperidine rings is 1.